The van der Waals surface area contributed by atoms with Gasteiger partial charge in [0.25, 0.3) is 0 Å². The fraction of sp³-hybridized carbons (Fsp3) is 0.342. The molecule has 0 saturated heterocycles. The number of aromatic nitrogens is 8. The lowest BCUT2D eigenvalue weighted by Gasteiger charge is -2.37. The van der Waals surface area contributed by atoms with Gasteiger partial charge in [0.05, 0.1) is 22.1 Å². The van der Waals surface area contributed by atoms with Crippen LogP contribution in [0, 0.1) is 55.4 Å². The minimum absolute atomic E-state index is 0.479. The molecule has 0 radical (unpaired) electrons. The first-order chi connectivity index (χ1) is 42.3. The Morgan fingerprint density at radius 2 is 0.614 bits per heavy atom. The van der Waals surface area contributed by atoms with Crippen LogP contribution in [0.25, 0.3) is 47.6 Å². The Hall–Kier alpha value is -8.56. The van der Waals surface area contributed by atoms with Gasteiger partial charge in [-0.05, 0) is 232 Å². The zero-order valence-electron chi connectivity index (χ0n) is 55.5. The van der Waals surface area contributed by atoms with E-state index in [4.69, 9.17) is 4.74 Å². The molecule has 452 valence electrons. The maximum absolute atomic E-state index is 8.03. The van der Waals surface area contributed by atoms with E-state index in [2.05, 4.69) is 237 Å². The van der Waals surface area contributed by atoms with E-state index in [1.54, 1.807) is 0 Å². The predicted molar refractivity (Wildman–Crippen MR) is 366 cm³/mol. The Labute approximate surface area is 518 Å². The lowest BCUT2D eigenvalue weighted by atomic mass is 9.73. The molecule has 0 atom stereocenters. The summed E-state index contributed by atoms with van der Waals surface area (Å²) in [4.78, 5) is 32.4. The van der Waals surface area contributed by atoms with Crippen molar-refractivity contribution in [2.45, 2.75) is 181 Å². The molecule has 13 rings (SSSR count). The van der Waals surface area contributed by atoms with Crippen molar-refractivity contribution in [2.24, 2.45) is 0 Å². The fourth-order valence-electron chi connectivity index (χ4n) is 16.1. The number of hydrogen-bond acceptors (Lipinski definition) is 1. The van der Waals surface area contributed by atoms with Gasteiger partial charge < -0.3 is 44.6 Å². The number of nitrogens with one attached hydrogen (secondary N) is 8. The Morgan fingerprint density at radius 3 is 0.977 bits per heavy atom. The molecule has 16 bridgehead atoms. The van der Waals surface area contributed by atoms with Crippen LogP contribution in [-0.4, -0.2) is 39.9 Å². The molecule has 10 aromatic rings. The Bertz CT molecular complexity index is 4780. The molecule has 3 aliphatic heterocycles. The zero-order chi connectivity index (χ0) is 62.1. The number of para-hydroxylation sites is 2. The van der Waals surface area contributed by atoms with Crippen LogP contribution >= 0.6 is 0 Å². The molecule has 0 fully saturated rings. The number of ether oxygens (including phenoxy) is 1. The molecule has 9 nitrogen and oxygen atoms in total. The highest BCUT2D eigenvalue weighted by atomic mass is 16.5. The summed E-state index contributed by atoms with van der Waals surface area (Å²) < 4.78 is 8.03. The smallest absolute Gasteiger partial charge is 0.139 e. The van der Waals surface area contributed by atoms with Crippen LogP contribution in [0.5, 0.6) is 11.5 Å². The average molecular weight is 1170 g/mol. The van der Waals surface area contributed by atoms with Gasteiger partial charge in [-0.3, -0.25) is 0 Å². The SMILES string of the molecule is CCc1c2[nH]c(c1C)C=c1[nH]c(c(C)c1CC)=C(c1cccc3c1Oc1c(C4=c5[nH]c(c(CC)c5C)=Cc5[nH]c(c(CC)c5C)C=c5[nH]c(c(C)c5CC)=Cc5[nH]c4c(C)c5CC)cccc1C3(C)C)c1[nH]c(c(CC)c1C)C=c1[nH]c(c(CC)c1C)=C2. The molecule has 88 heavy (non-hydrogen) atoms. The predicted octanol–water partition coefficient (Wildman–Crippen LogP) is 11.8. The molecule has 0 saturated carbocycles. The maximum Gasteiger partial charge on any atom is 0.139 e. The molecule has 0 spiro atoms. The Balaban J connectivity index is 1.13. The second-order valence-corrected chi connectivity index (χ2v) is 25.8. The van der Waals surface area contributed by atoms with E-state index < -0.39 is 5.41 Å². The van der Waals surface area contributed by atoms with E-state index >= 15 is 0 Å². The summed E-state index contributed by atoms with van der Waals surface area (Å²) in [5, 5.41) is 9.00. The topological polar surface area (TPSA) is 136 Å². The minimum Gasteiger partial charge on any atom is -0.455 e. The van der Waals surface area contributed by atoms with E-state index in [0.29, 0.717) is 0 Å². The molecule has 2 aromatic carbocycles. The van der Waals surface area contributed by atoms with Crippen molar-refractivity contribution < 1.29 is 4.74 Å². The van der Waals surface area contributed by atoms with Crippen molar-refractivity contribution in [3.63, 3.8) is 0 Å². The number of aromatic amines is 8. The number of fused-ring (bicyclic) bond motifs is 18. The van der Waals surface area contributed by atoms with Gasteiger partial charge in [-0.2, -0.15) is 0 Å². The highest BCUT2D eigenvalue weighted by molar-refractivity contribution is 5.89. The van der Waals surface area contributed by atoms with Crippen LogP contribution in [0.15, 0.2) is 36.4 Å². The summed E-state index contributed by atoms with van der Waals surface area (Å²) in [5.74, 6) is 1.74. The minimum atomic E-state index is -0.479. The number of rotatable bonds is 10. The summed E-state index contributed by atoms with van der Waals surface area (Å²) in [6, 6.07) is 13.7. The van der Waals surface area contributed by atoms with Crippen LogP contribution in [-0.2, 0) is 56.8 Å². The van der Waals surface area contributed by atoms with Crippen molar-refractivity contribution in [1.29, 1.82) is 0 Å². The first-order valence-electron chi connectivity index (χ1n) is 32.8. The quantitative estimate of drug-likeness (QED) is 0.0680. The van der Waals surface area contributed by atoms with Crippen LogP contribution in [0.2, 0.25) is 0 Å². The van der Waals surface area contributed by atoms with Crippen LogP contribution < -0.4 is 47.5 Å². The molecule has 0 unspecified atom stereocenters. The van der Waals surface area contributed by atoms with E-state index in [9.17, 15) is 0 Å². The van der Waals surface area contributed by atoms with Gasteiger partial charge in [0, 0.05) is 105 Å². The molecule has 0 aliphatic carbocycles. The highest BCUT2D eigenvalue weighted by Crippen LogP contribution is 2.53. The summed E-state index contributed by atoms with van der Waals surface area (Å²) in [7, 11) is 0. The molecule has 8 N–H and O–H groups in total. The monoisotopic (exact) mass is 1170 g/mol. The summed E-state index contributed by atoms with van der Waals surface area (Å²) in [6.07, 6.45) is 21.3. The van der Waals surface area contributed by atoms with Gasteiger partial charge in [-0.1, -0.05) is 106 Å². The zero-order valence-corrected chi connectivity index (χ0v) is 55.5. The van der Waals surface area contributed by atoms with E-state index in [0.717, 1.165) is 185 Å². The standard InChI is InChI=1S/C79H90N8O/c1-19-47-39(9)59-33-67-51(23-5)43(13)73(84-67)71(74-44(14)52(24-6)68(85-74)34-60-40(10)48(20-2)64(81-60)37-63(47)80-59)55-29-27-31-57-77(55)88-78-56(30-28-32-58(78)79(57,17)18)72-75-45(15)53(25-7)69(86-75)35-61-41(11)49(21-3)65(82-61)38-66-50(22-4)42(12)62(83-66)36-70-54(26-8)46(16)76(72)87-70/h27-38,80-87H,19-26H2,1-18H3. The van der Waals surface area contributed by atoms with Crippen LogP contribution in [0.1, 0.15) is 226 Å². The van der Waals surface area contributed by atoms with Gasteiger partial charge in [-0.15, -0.1) is 0 Å². The van der Waals surface area contributed by atoms with Crippen molar-refractivity contribution in [3.8, 4) is 11.5 Å². The number of benzene rings is 2. The van der Waals surface area contributed by atoms with E-state index in [1.165, 1.54) is 89.0 Å². The molecule has 11 heterocycles. The van der Waals surface area contributed by atoms with Gasteiger partial charge in [0.15, 0.2) is 0 Å². The summed E-state index contributed by atoms with van der Waals surface area (Å²) >= 11 is 0. The van der Waals surface area contributed by atoms with Gasteiger partial charge >= 0.3 is 0 Å². The van der Waals surface area contributed by atoms with Crippen LogP contribution in [0.3, 0.4) is 0 Å². The third-order valence-corrected chi connectivity index (χ3v) is 21.1. The highest BCUT2D eigenvalue weighted by Gasteiger charge is 2.39. The van der Waals surface area contributed by atoms with Crippen molar-refractivity contribution in [1.82, 2.24) is 39.9 Å². The summed E-state index contributed by atoms with van der Waals surface area (Å²) in [6.45, 7) is 41.4. The normalized spacial score (nSPS) is 13.9. The fourth-order valence-corrected chi connectivity index (χ4v) is 16.1. The second-order valence-electron chi connectivity index (χ2n) is 25.8. The summed E-state index contributed by atoms with van der Waals surface area (Å²) in [5.41, 5.74) is 35.7. The largest absolute Gasteiger partial charge is 0.455 e. The molecule has 3 aliphatic rings. The lowest BCUT2D eigenvalue weighted by molar-refractivity contribution is 0.415. The molecule has 8 aromatic heterocycles. The second kappa shape index (κ2) is 21.9. The average Bonchev–Trinajstić information content (AvgIpc) is 1.01. The first kappa shape index (κ1) is 58.5. The van der Waals surface area contributed by atoms with Gasteiger partial charge in [-0.25, -0.2) is 0 Å². The maximum atomic E-state index is 8.03. The number of H-pyrrole nitrogens is 8. The Morgan fingerprint density at radius 1 is 0.307 bits per heavy atom. The first-order valence-corrected chi connectivity index (χ1v) is 32.8. The third-order valence-electron chi connectivity index (χ3n) is 21.1. The van der Waals surface area contributed by atoms with E-state index in [1.807, 2.05) is 0 Å². The molecule has 0 amide bonds. The molecular formula is C79H90N8O. The molecule has 9 heteroatoms. The Kier molecular flexibility index (Phi) is 14.6. The van der Waals surface area contributed by atoms with Crippen molar-refractivity contribution >= 4 is 47.6 Å². The van der Waals surface area contributed by atoms with Crippen molar-refractivity contribution in [3.05, 3.63) is 236 Å². The van der Waals surface area contributed by atoms with Gasteiger partial charge in [0.2, 0.25) is 0 Å². The number of hydrogen-bond donors (Lipinski definition) is 8. The van der Waals surface area contributed by atoms with E-state index in [-0.39, 0.29) is 0 Å². The van der Waals surface area contributed by atoms with Crippen LogP contribution in [0.4, 0.5) is 0 Å². The van der Waals surface area contributed by atoms with Crippen molar-refractivity contribution in [2.75, 3.05) is 0 Å². The lowest BCUT2D eigenvalue weighted by Crippen LogP contribution is -2.27. The third kappa shape index (κ3) is 8.75. The van der Waals surface area contributed by atoms with Gasteiger partial charge in [0.1, 0.15) is 11.5 Å². The molecular weight excluding hydrogens is 1080 g/mol.